The summed E-state index contributed by atoms with van der Waals surface area (Å²) in [6.45, 7) is 0. The summed E-state index contributed by atoms with van der Waals surface area (Å²) in [6, 6.07) is 21.2. The standard InChI is InChI=1S/C19H16N4O/c24-19(23-20-13-7-10-15-8-3-1-4-9-15)18-14-17(21-22-18)16-11-5-2-6-12-16/h1-14H,(H,21,22)(H,23,24). The predicted octanol–water partition coefficient (Wildman–Crippen LogP) is 3.51. The van der Waals surface area contributed by atoms with Gasteiger partial charge in [0.15, 0.2) is 0 Å². The van der Waals surface area contributed by atoms with Crippen molar-refractivity contribution in [2.24, 2.45) is 5.10 Å². The minimum Gasteiger partial charge on any atom is -0.272 e. The van der Waals surface area contributed by atoms with Gasteiger partial charge in [-0.2, -0.15) is 10.2 Å². The first kappa shape index (κ1) is 15.4. The molecule has 5 heteroatoms. The van der Waals surface area contributed by atoms with Crippen molar-refractivity contribution in [3.05, 3.63) is 84.1 Å². The monoisotopic (exact) mass is 316 g/mol. The van der Waals surface area contributed by atoms with Gasteiger partial charge in [0.1, 0.15) is 5.69 Å². The van der Waals surface area contributed by atoms with Crippen LogP contribution >= 0.6 is 0 Å². The third kappa shape index (κ3) is 4.04. The summed E-state index contributed by atoms with van der Waals surface area (Å²) < 4.78 is 0. The van der Waals surface area contributed by atoms with Gasteiger partial charge in [-0.05, 0) is 17.7 Å². The van der Waals surface area contributed by atoms with Crippen molar-refractivity contribution >= 4 is 18.2 Å². The number of benzene rings is 2. The Morgan fingerprint density at radius 2 is 1.75 bits per heavy atom. The molecule has 0 atom stereocenters. The Bertz CT molecular complexity index is 851. The lowest BCUT2D eigenvalue weighted by atomic mass is 10.1. The Morgan fingerprint density at radius 1 is 1.04 bits per heavy atom. The number of carbonyl (C=O) groups is 1. The van der Waals surface area contributed by atoms with E-state index in [9.17, 15) is 4.79 Å². The number of hydrogen-bond donors (Lipinski definition) is 2. The van der Waals surface area contributed by atoms with Crippen molar-refractivity contribution in [3.63, 3.8) is 0 Å². The molecule has 2 N–H and O–H groups in total. The number of rotatable bonds is 5. The smallest absolute Gasteiger partial charge is 0.272 e. The molecule has 118 valence electrons. The van der Waals surface area contributed by atoms with Gasteiger partial charge >= 0.3 is 0 Å². The highest BCUT2D eigenvalue weighted by Gasteiger charge is 2.09. The van der Waals surface area contributed by atoms with E-state index in [1.165, 1.54) is 6.21 Å². The van der Waals surface area contributed by atoms with E-state index in [0.29, 0.717) is 11.4 Å². The molecular formula is C19H16N4O. The first-order chi connectivity index (χ1) is 11.8. The second-order valence-corrected chi connectivity index (χ2v) is 5.02. The molecule has 0 aliphatic carbocycles. The summed E-state index contributed by atoms with van der Waals surface area (Å²) in [6.07, 6.45) is 5.19. The average molecular weight is 316 g/mol. The Morgan fingerprint density at radius 3 is 2.50 bits per heavy atom. The van der Waals surface area contributed by atoms with Crippen LogP contribution in [0.25, 0.3) is 17.3 Å². The number of carbonyl (C=O) groups excluding carboxylic acids is 1. The van der Waals surface area contributed by atoms with Crippen molar-refractivity contribution in [2.45, 2.75) is 0 Å². The van der Waals surface area contributed by atoms with Crippen molar-refractivity contribution in [1.29, 1.82) is 0 Å². The Balaban J connectivity index is 1.57. The van der Waals surface area contributed by atoms with Crippen molar-refractivity contribution in [1.82, 2.24) is 15.6 Å². The summed E-state index contributed by atoms with van der Waals surface area (Å²) in [5.41, 5.74) is 5.55. The molecular weight excluding hydrogens is 300 g/mol. The van der Waals surface area contributed by atoms with Gasteiger partial charge < -0.3 is 0 Å². The summed E-state index contributed by atoms with van der Waals surface area (Å²) in [5, 5.41) is 10.7. The van der Waals surface area contributed by atoms with E-state index in [2.05, 4.69) is 20.7 Å². The summed E-state index contributed by atoms with van der Waals surface area (Å²) in [7, 11) is 0. The van der Waals surface area contributed by atoms with E-state index in [0.717, 1.165) is 11.1 Å². The average Bonchev–Trinajstić information content (AvgIpc) is 3.13. The van der Waals surface area contributed by atoms with Crippen LogP contribution in [0.2, 0.25) is 0 Å². The molecule has 1 heterocycles. The maximum atomic E-state index is 12.0. The molecule has 0 saturated carbocycles. The molecule has 0 radical (unpaired) electrons. The molecule has 3 aromatic rings. The van der Waals surface area contributed by atoms with Gasteiger partial charge in [0, 0.05) is 11.8 Å². The highest BCUT2D eigenvalue weighted by Crippen LogP contribution is 2.16. The third-order valence-electron chi connectivity index (χ3n) is 3.31. The number of allylic oxidation sites excluding steroid dienone is 1. The molecule has 0 bridgehead atoms. The van der Waals surface area contributed by atoms with Crippen LogP contribution in [0.5, 0.6) is 0 Å². The number of hydrogen-bond acceptors (Lipinski definition) is 3. The van der Waals surface area contributed by atoms with Crippen LogP contribution < -0.4 is 5.43 Å². The van der Waals surface area contributed by atoms with E-state index in [4.69, 9.17) is 0 Å². The van der Waals surface area contributed by atoms with Crippen molar-refractivity contribution in [2.75, 3.05) is 0 Å². The molecule has 0 aliphatic rings. The number of nitrogens with zero attached hydrogens (tertiary/aromatic N) is 2. The van der Waals surface area contributed by atoms with E-state index < -0.39 is 0 Å². The zero-order chi connectivity index (χ0) is 16.6. The van der Waals surface area contributed by atoms with Crippen LogP contribution in [0.3, 0.4) is 0 Å². The lowest BCUT2D eigenvalue weighted by molar-refractivity contribution is 0.0950. The summed E-state index contributed by atoms with van der Waals surface area (Å²) in [5.74, 6) is -0.339. The number of nitrogens with one attached hydrogen (secondary N) is 2. The zero-order valence-corrected chi connectivity index (χ0v) is 12.9. The molecule has 5 nitrogen and oxygen atoms in total. The van der Waals surface area contributed by atoms with Gasteiger partial charge in [0.2, 0.25) is 0 Å². The summed E-state index contributed by atoms with van der Waals surface area (Å²) in [4.78, 5) is 12.0. The summed E-state index contributed by atoms with van der Waals surface area (Å²) >= 11 is 0. The quantitative estimate of drug-likeness (QED) is 0.558. The number of aromatic amines is 1. The SMILES string of the molecule is O=C(NN=CC=Cc1ccccc1)c1cc(-c2ccccc2)n[nH]1. The molecule has 0 spiro atoms. The molecule has 1 aromatic heterocycles. The van der Waals surface area contributed by atoms with Crippen molar-refractivity contribution < 1.29 is 4.79 Å². The maximum Gasteiger partial charge on any atom is 0.289 e. The lowest BCUT2D eigenvalue weighted by Crippen LogP contribution is -2.17. The number of hydrazone groups is 1. The number of H-pyrrole nitrogens is 1. The predicted molar refractivity (Wildman–Crippen MR) is 95.5 cm³/mol. The first-order valence-electron chi connectivity index (χ1n) is 7.49. The molecule has 2 aromatic carbocycles. The fourth-order valence-electron chi connectivity index (χ4n) is 2.11. The van der Waals surface area contributed by atoms with Crippen LogP contribution in [-0.2, 0) is 0 Å². The van der Waals surface area contributed by atoms with Gasteiger partial charge in [0.05, 0.1) is 5.69 Å². The highest BCUT2D eigenvalue weighted by atomic mass is 16.2. The van der Waals surface area contributed by atoms with Crippen LogP contribution in [0, 0.1) is 0 Å². The second-order valence-electron chi connectivity index (χ2n) is 5.02. The Labute approximate surface area is 139 Å². The molecule has 24 heavy (non-hydrogen) atoms. The molecule has 0 fully saturated rings. The minimum absolute atomic E-state index is 0.339. The minimum atomic E-state index is -0.339. The second kappa shape index (κ2) is 7.69. The highest BCUT2D eigenvalue weighted by molar-refractivity contribution is 5.93. The van der Waals surface area contributed by atoms with Crippen LogP contribution in [0.1, 0.15) is 16.1 Å². The van der Waals surface area contributed by atoms with Crippen LogP contribution in [-0.4, -0.2) is 22.3 Å². The fourth-order valence-corrected chi connectivity index (χ4v) is 2.11. The van der Waals surface area contributed by atoms with Crippen LogP contribution in [0.4, 0.5) is 0 Å². The number of aromatic nitrogens is 2. The van der Waals surface area contributed by atoms with E-state index >= 15 is 0 Å². The van der Waals surface area contributed by atoms with E-state index in [1.54, 1.807) is 12.1 Å². The lowest BCUT2D eigenvalue weighted by Gasteiger charge is -1.94. The zero-order valence-electron chi connectivity index (χ0n) is 12.9. The molecule has 3 rings (SSSR count). The molecule has 0 aliphatic heterocycles. The van der Waals surface area contributed by atoms with E-state index in [1.807, 2.05) is 66.7 Å². The largest absolute Gasteiger partial charge is 0.289 e. The molecule has 0 saturated heterocycles. The topological polar surface area (TPSA) is 70.1 Å². The molecule has 0 unspecified atom stereocenters. The fraction of sp³-hybridized carbons (Fsp3) is 0. The molecule has 1 amide bonds. The first-order valence-corrected chi connectivity index (χ1v) is 7.49. The van der Waals surface area contributed by atoms with Crippen LogP contribution in [0.15, 0.2) is 77.9 Å². The van der Waals surface area contributed by atoms with E-state index in [-0.39, 0.29) is 5.91 Å². The van der Waals surface area contributed by atoms with Gasteiger partial charge in [0.25, 0.3) is 5.91 Å². The Kier molecular flexibility index (Phi) is 4.94. The Hall–Kier alpha value is -3.47. The van der Waals surface area contributed by atoms with Gasteiger partial charge in [-0.15, -0.1) is 0 Å². The van der Waals surface area contributed by atoms with Gasteiger partial charge in [-0.25, -0.2) is 5.43 Å². The van der Waals surface area contributed by atoms with Crippen molar-refractivity contribution in [3.8, 4) is 11.3 Å². The normalized spacial score (nSPS) is 11.2. The maximum absolute atomic E-state index is 12.0. The van der Waals surface area contributed by atoms with Gasteiger partial charge in [-0.3, -0.25) is 9.89 Å². The number of amides is 1. The van der Waals surface area contributed by atoms with Gasteiger partial charge in [-0.1, -0.05) is 66.7 Å². The third-order valence-corrected chi connectivity index (χ3v) is 3.31.